The number of carbonyl (C=O) groups excluding carboxylic acids is 1. The summed E-state index contributed by atoms with van der Waals surface area (Å²) >= 11 is 0. The second-order valence-electron chi connectivity index (χ2n) is 5.53. The van der Waals surface area contributed by atoms with Gasteiger partial charge in [-0.15, -0.1) is 0 Å². The van der Waals surface area contributed by atoms with E-state index in [-0.39, 0.29) is 11.4 Å². The highest BCUT2D eigenvalue weighted by molar-refractivity contribution is 5.79. The highest BCUT2D eigenvalue weighted by Gasteiger charge is 2.64. The van der Waals surface area contributed by atoms with Crippen LogP contribution in [0, 0.1) is 23.2 Å². The lowest BCUT2D eigenvalue weighted by Crippen LogP contribution is -2.41. The van der Waals surface area contributed by atoms with Gasteiger partial charge >= 0.3 is 5.97 Å². The molecule has 0 aromatic heterocycles. The molecule has 3 aliphatic carbocycles. The van der Waals surface area contributed by atoms with Crippen LogP contribution in [0.15, 0.2) is 0 Å². The van der Waals surface area contributed by atoms with E-state index < -0.39 is 0 Å². The molecule has 0 saturated heterocycles. The second kappa shape index (κ2) is 3.23. The van der Waals surface area contributed by atoms with Crippen LogP contribution in [-0.2, 0) is 9.53 Å². The largest absolute Gasteiger partial charge is 0.466 e. The lowest BCUT2D eigenvalue weighted by Gasteiger charge is -2.36. The highest BCUT2D eigenvalue weighted by atomic mass is 16.5. The Labute approximate surface area is 91.4 Å². The van der Waals surface area contributed by atoms with Crippen LogP contribution in [0.3, 0.4) is 0 Å². The normalized spacial score (nSPS) is 46.9. The standard InChI is InChI=1S/C13H20O2/c1-2-15-12(14)13-7-3-4-11(13)9-5-6-10(13)8-9/h9-11H,2-8H2,1H3/t9-,10+,11?,13?/m0/s1. The molecule has 0 radical (unpaired) electrons. The molecule has 3 fully saturated rings. The van der Waals surface area contributed by atoms with Crippen molar-refractivity contribution in [2.24, 2.45) is 23.2 Å². The fourth-order valence-corrected chi connectivity index (χ4v) is 4.76. The van der Waals surface area contributed by atoms with Crippen molar-refractivity contribution < 1.29 is 9.53 Å². The van der Waals surface area contributed by atoms with Gasteiger partial charge in [-0.05, 0) is 56.8 Å². The Kier molecular flexibility index (Phi) is 2.08. The van der Waals surface area contributed by atoms with Crippen molar-refractivity contribution in [1.82, 2.24) is 0 Å². The molecule has 2 bridgehead atoms. The summed E-state index contributed by atoms with van der Waals surface area (Å²) in [4.78, 5) is 12.2. The summed E-state index contributed by atoms with van der Waals surface area (Å²) in [6.45, 7) is 2.47. The molecule has 0 heterocycles. The molecule has 3 saturated carbocycles. The predicted molar refractivity (Wildman–Crippen MR) is 57.2 cm³/mol. The second-order valence-corrected chi connectivity index (χ2v) is 5.53. The summed E-state index contributed by atoms with van der Waals surface area (Å²) in [5.41, 5.74) is -0.0288. The zero-order valence-electron chi connectivity index (χ0n) is 9.50. The minimum atomic E-state index is -0.0288. The van der Waals surface area contributed by atoms with Crippen LogP contribution in [-0.4, -0.2) is 12.6 Å². The molecule has 15 heavy (non-hydrogen) atoms. The zero-order chi connectivity index (χ0) is 10.5. The van der Waals surface area contributed by atoms with E-state index in [9.17, 15) is 4.79 Å². The van der Waals surface area contributed by atoms with E-state index >= 15 is 0 Å². The molecule has 0 N–H and O–H groups in total. The van der Waals surface area contributed by atoms with Crippen molar-refractivity contribution in [3.05, 3.63) is 0 Å². The van der Waals surface area contributed by atoms with Gasteiger partial charge in [0.1, 0.15) is 0 Å². The van der Waals surface area contributed by atoms with Crippen LogP contribution in [0.2, 0.25) is 0 Å². The number of esters is 1. The van der Waals surface area contributed by atoms with Gasteiger partial charge in [0.25, 0.3) is 0 Å². The smallest absolute Gasteiger partial charge is 0.312 e. The quantitative estimate of drug-likeness (QED) is 0.652. The van der Waals surface area contributed by atoms with Gasteiger partial charge in [0.2, 0.25) is 0 Å². The first-order valence-electron chi connectivity index (χ1n) is 6.46. The van der Waals surface area contributed by atoms with E-state index in [1.54, 1.807) is 0 Å². The maximum Gasteiger partial charge on any atom is 0.312 e. The third-order valence-corrected chi connectivity index (χ3v) is 5.19. The molecule has 2 nitrogen and oxygen atoms in total. The number of rotatable bonds is 2. The molecule has 4 atom stereocenters. The Morgan fingerprint density at radius 1 is 1.40 bits per heavy atom. The lowest BCUT2D eigenvalue weighted by atomic mass is 9.68. The fourth-order valence-electron chi connectivity index (χ4n) is 4.76. The average molecular weight is 208 g/mol. The van der Waals surface area contributed by atoms with E-state index in [2.05, 4.69) is 0 Å². The Bertz CT molecular complexity index is 286. The first kappa shape index (κ1) is 9.68. The van der Waals surface area contributed by atoms with Gasteiger partial charge in [0, 0.05) is 0 Å². The average Bonchev–Trinajstić information content (AvgIpc) is 2.90. The van der Waals surface area contributed by atoms with E-state index in [1.165, 1.54) is 32.1 Å². The molecule has 2 unspecified atom stereocenters. The van der Waals surface area contributed by atoms with Gasteiger partial charge in [0.15, 0.2) is 0 Å². The minimum absolute atomic E-state index is 0.0288. The highest BCUT2D eigenvalue weighted by Crippen LogP contribution is 2.66. The molecule has 2 heteroatoms. The Morgan fingerprint density at radius 2 is 2.27 bits per heavy atom. The Balaban J connectivity index is 1.91. The Morgan fingerprint density at radius 3 is 3.07 bits per heavy atom. The number of ether oxygens (including phenoxy) is 1. The van der Waals surface area contributed by atoms with Crippen molar-refractivity contribution in [1.29, 1.82) is 0 Å². The van der Waals surface area contributed by atoms with Crippen LogP contribution in [0.1, 0.15) is 45.4 Å². The van der Waals surface area contributed by atoms with Crippen molar-refractivity contribution in [2.75, 3.05) is 6.61 Å². The van der Waals surface area contributed by atoms with Gasteiger partial charge in [-0.1, -0.05) is 6.42 Å². The van der Waals surface area contributed by atoms with Gasteiger partial charge in [-0.2, -0.15) is 0 Å². The van der Waals surface area contributed by atoms with Gasteiger partial charge in [-0.3, -0.25) is 4.79 Å². The van der Waals surface area contributed by atoms with E-state index in [1.807, 2.05) is 6.92 Å². The first-order valence-corrected chi connectivity index (χ1v) is 6.46. The third kappa shape index (κ3) is 1.08. The van der Waals surface area contributed by atoms with E-state index in [0.717, 1.165) is 12.3 Å². The van der Waals surface area contributed by atoms with Gasteiger partial charge in [0.05, 0.1) is 12.0 Å². The van der Waals surface area contributed by atoms with Gasteiger partial charge in [-0.25, -0.2) is 0 Å². The van der Waals surface area contributed by atoms with Crippen molar-refractivity contribution in [3.8, 4) is 0 Å². The van der Waals surface area contributed by atoms with Crippen LogP contribution in [0.4, 0.5) is 0 Å². The van der Waals surface area contributed by atoms with Crippen LogP contribution in [0.25, 0.3) is 0 Å². The fraction of sp³-hybridized carbons (Fsp3) is 0.923. The summed E-state index contributed by atoms with van der Waals surface area (Å²) in [5.74, 6) is 2.32. The number of fused-ring (bicyclic) bond motifs is 5. The van der Waals surface area contributed by atoms with Gasteiger partial charge < -0.3 is 4.74 Å². The van der Waals surface area contributed by atoms with Crippen molar-refractivity contribution in [3.63, 3.8) is 0 Å². The van der Waals surface area contributed by atoms with Crippen LogP contribution < -0.4 is 0 Å². The molecule has 0 aliphatic heterocycles. The molecular weight excluding hydrogens is 188 g/mol. The number of carbonyl (C=O) groups is 1. The molecule has 84 valence electrons. The summed E-state index contributed by atoms with van der Waals surface area (Å²) in [6.07, 6.45) is 7.59. The summed E-state index contributed by atoms with van der Waals surface area (Å²) in [7, 11) is 0. The molecule has 0 aromatic rings. The summed E-state index contributed by atoms with van der Waals surface area (Å²) < 4.78 is 5.34. The van der Waals surface area contributed by atoms with E-state index in [4.69, 9.17) is 4.74 Å². The maximum atomic E-state index is 12.2. The summed E-state index contributed by atoms with van der Waals surface area (Å²) in [5, 5.41) is 0. The zero-order valence-corrected chi connectivity index (χ0v) is 9.50. The lowest BCUT2D eigenvalue weighted by molar-refractivity contribution is -0.161. The third-order valence-electron chi connectivity index (χ3n) is 5.19. The molecule has 3 aliphatic rings. The number of hydrogen-bond donors (Lipinski definition) is 0. The minimum Gasteiger partial charge on any atom is -0.466 e. The molecule has 0 amide bonds. The monoisotopic (exact) mass is 208 g/mol. The molecule has 3 rings (SSSR count). The van der Waals surface area contributed by atoms with Crippen molar-refractivity contribution in [2.45, 2.75) is 45.4 Å². The summed E-state index contributed by atoms with van der Waals surface area (Å²) in [6, 6.07) is 0. The molecular formula is C13H20O2. The Hall–Kier alpha value is -0.530. The molecule has 0 spiro atoms. The van der Waals surface area contributed by atoms with E-state index in [0.29, 0.717) is 18.4 Å². The maximum absolute atomic E-state index is 12.2. The van der Waals surface area contributed by atoms with Crippen molar-refractivity contribution >= 4 is 5.97 Å². The predicted octanol–water partition coefficient (Wildman–Crippen LogP) is 2.77. The molecule has 0 aromatic carbocycles. The first-order chi connectivity index (χ1) is 7.29. The van der Waals surface area contributed by atoms with Crippen LogP contribution in [0.5, 0.6) is 0 Å². The number of hydrogen-bond acceptors (Lipinski definition) is 2. The SMILES string of the molecule is CCOC(=O)C12CCCC1[C@H]1CC[C@@H]2C1. The topological polar surface area (TPSA) is 26.3 Å². The van der Waals surface area contributed by atoms with Crippen LogP contribution >= 0.6 is 0 Å².